The van der Waals surface area contributed by atoms with Gasteiger partial charge in [0.1, 0.15) is 18.0 Å². The lowest BCUT2D eigenvalue weighted by Crippen LogP contribution is -2.67. The van der Waals surface area contributed by atoms with Crippen LogP contribution in [0.3, 0.4) is 0 Å². The van der Waals surface area contributed by atoms with Crippen molar-refractivity contribution in [2.24, 2.45) is 0 Å². The van der Waals surface area contributed by atoms with Gasteiger partial charge in [-0.25, -0.2) is 14.8 Å². The van der Waals surface area contributed by atoms with Gasteiger partial charge >= 0.3 is 6.09 Å². The Kier molecular flexibility index (Phi) is 7.89. The second-order valence-corrected chi connectivity index (χ2v) is 14.5. The smallest absolute Gasteiger partial charge is 0.407 e. The molecular weight excluding hydrogens is 442 g/mol. The zero-order valence-electron chi connectivity index (χ0n) is 20.9. The molecule has 1 amide bonds. The van der Waals surface area contributed by atoms with Crippen LogP contribution in [-0.2, 0) is 9.16 Å². The van der Waals surface area contributed by atoms with Crippen LogP contribution < -0.4 is 15.7 Å². The van der Waals surface area contributed by atoms with E-state index in [0.29, 0.717) is 5.69 Å². The van der Waals surface area contributed by atoms with Crippen molar-refractivity contribution in [2.45, 2.75) is 58.3 Å². The van der Waals surface area contributed by atoms with Crippen LogP contribution in [0.2, 0.25) is 5.04 Å². The summed E-state index contributed by atoms with van der Waals surface area (Å²) in [5.41, 5.74) is 0.118. The molecule has 3 rings (SSSR count). The van der Waals surface area contributed by atoms with Crippen LogP contribution in [0.1, 0.15) is 53.3 Å². The van der Waals surface area contributed by atoms with Gasteiger partial charge in [-0.3, -0.25) is 0 Å². The molecule has 34 heavy (non-hydrogen) atoms. The van der Waals surface area contributed by atoms with Crippen molar-refractivity contribution in [2.75, 3.05) is 6.54 Å². The highest BCUT2D eigenvalue weighted by molar-refractivity contribution is 6.99. The van der Waals surface area contributed by atoms with Crippen molar-refractivity contribution in [3.8, 4) is 0 Å². The first kappa shape index (κ1) is 25.6. The number of carbonyl (C=O) groups excluding carboxylic acids is 1. The van der Waals surface area contributed by atoms with Crippen molar-refractivity contribution < 1.29 is 14.0 Å². The topological polar surface area (TPSA) is 73.3 Å². The maximum atomic E-state index is 12.5. The van der Waals surface area contributed by atoms with Crippen molar-refractivity contribution in [3.05, 3.63) is 84.9 Å². The molecule has 0 radical (unpaired) electrons. The Labute approximate surface area is 203 Å². The summed E-state index contributed by atoms with van der Waals surface area (Å²) < 4.78 is 12.7. The molecule has 7 heteroatoms. The fourth-order valence-electron chi connectivity index (χ4n) is 4.09. The molecule has 0 bridgehead atoms. The highest BCUT2D eigenvalue weighted by Crippen LogP contribution is 2.39. The highest BCUT2D eigenvalue weighted by atomic mass is 28.4. The highest BCUT2D eigenvalue weighted by Gasteiger charge is 2.51. The van der Waals surface area contributed by atoms with Crippen LogP contribution in [0.15, 0.2) is 79.3 Å². The van der Waals surface area contributed by atoms with Crippen LogP contribution in [0.4, 0.5) is 4.79 Å². The minimum Gasteiger partial charge on any atom is -0.444 e. The van der Waals surface area contributed by atoms with Crippen LogP contribution >= 0.6 is 0 Å². The number of carbonyl (C=O) groups is 1. The quantitative estimate of drug-likeness (QED) is 0.503. The van der Waals surface area contributed by atoms with Gasteiger partial charge in [-0.15, -0.1) is 0 Å². The van der Waals surface area contributed by atoms with E-state index in [-0.39, 0.29) is 11.6 Å². The molecule has 0 spiro atoms. The van der Waals surface area contributed by atoms with E-state index in [9.17, 15) is 4.79 Å². The van der Waals surface area contributed by atoms with E-state index in [4.69, 9.17) is 9.16 Å². The molecule has 0 saturated heterocycles. The summed E-state index contributed by atoms with van der Waals surface area (Å²) in [6, 6.07) is 22.6. The lowest BCUT2D eigenvalue weighted by Gasteiger charge is -2.45. The Bertz CT molecular complexity index is 1010. The van der Waals surface area contributed by atoms with E-state index < -0.39 is 26.1 Å². The van der Waals surface area contributed by atoms with Crippen LogP contribution in [0.25, 0.3) is 0 Å². The van der Waals surface area contributed by atoms with E-state index in [1.54, 1.807) is 6.20 Å². The number of hydrogen-bond acceptors (Lipinski definition) is 5. The van der Waals surface area contributed by atoms with Crippen molar-refractivity contribution in [3.63, 3.8) is 0 Å². The van der Waals surface area contributed by atoms with Gasteiger partial charge in [0, 0.05) is 6.20 Å². The summed E-state index contributed by atoms with van der Waals surface area (Å²) in [5, 5.41) is 4.99. The molecule has 2 aromatic carbocycles. The summed E-state index contributed by atoms with van der Waals surface area (Å²) in [6.07, 6.45) is 2.21. The number of nitrogens with one attached hydrogen (secondary N) is 1. The van der Waals surface area contributed by atoms with Gasteiger partial charge in [0.15, 0.2) is 0 Å². The van der Waals surface area contributed by atoms with Gasteiger partial charge in [-0.05, 0) is 42.2 Å². The largest absolute Gasteiger partial charge is 0.444 e. The molecule has 0 aliphatic carbocycles. The molecule has 1 atom stereocenters. The van der Waals surface area contributed by atoms with E-state index >= 15 is 0 Å². The SMILES string of the molecule is CC(C)(C)OC(=O)NCC(O[Si](c1ccccc1)(c1ccccc1)C(C)(C)C)c1ccncn1. The fourth-order valence-corrected chi connectivity index (χ4v) is 8.74. The number of hydrogen-bond donors (Lipinski definition) is 1. The van der Waals surface area contributed by atoms with Crippen LogP contribution in [-0.4, -0.2) is 36.5 Å². The molecule has 1 aromatic heterocycles. The van der Waals surface area contributed by atoms with E-state index in [2.05, 4.69) is 60.3 Å². The van der Waals surface area contributed by atoms with Crippen molar-refractivity contribution in [1.29, 1.82) is 0 Å². The summed E-state index contributed by atoms with van der Waals surface area (Å²) in [7, 11) is -2.87. The number of nitrogens with zero attached hydrogens (tertiary/aromatic N) is 2. The molecule has 0 aliphatic rings. The number of benzene rings is 2. The van der Waals surface area contributed by atoms with Crippen molar-refractivity contribution >= 4 is 24.8 Å². The predicted molar refractivity (Wildman–Crippen MR) is 138 cm³/mol. The molecule has 0 fully saturated rings. The van der Waals surface area contributed by atoms with Crippen LogP contribution in [0, 0.1) is 0 Å². The van der Waals surface area contributed by atoms with Gasteiger partial charge in [-0.2, -0.15) is 0 Å². The fraction of sp³-hybridized carbons (Fsp3) is 0.370. The number of alkyl carbamates (subject to hydrolysis) is 1. The van der Waals surface area contributed by atoms with Gasteiger partial charge in [0.05, 0.1) is 12.2 Å². The van der Waals surface area contributed by atoms with E-state index in [1.807, 2.05) is 63.2 Å². The monoisotopic (exact) mass is 477 g/mol. The minimum absolute atomic E-state index is 0.215. The molecule has 1 heterocycles. The third-order valence-corrected chi connectivity index (χ3v) is 10.5. The number of amides is 1. The first-order valence-corrected chi connectivity index (χ1v) is 13.5. The zero-order chi connectivity index (χ0) is 24.8. The molecular formula is C27H35N3O3Si. The first-order chi connectivity index (χ1) is 16.0. The Hall–Kier alpha value is -3.03. The van der Waals surface area contributed by atoms with Gasteiger partial charge < -0.3 is 14.5 Å². The Morgan fingerprint density at radius 3 is 1.91 bits per heavy atom. The molecule has 6 nitrogen and oxygen atoms in total. The molecule has 0 saturated carbocycles. The second kappa shape index (κ2) is 10.5. The van der Waals surface area contributed by atoms with Gasteiger partial charge in [0.25, 0.3) is 8.32 Å². The first-order valence-electron chi connectivity index (χ1n) is 11.5. The minimum atomic E-state index is -2.87. The van der Waals surface area contributed by atoms with Crippen molar-refractivity contribution in [1.82, 2.24) is 15.3 Å². The summed E-state index contributed by atoms with van der Waals surface area (Å²) >= 11 is 0. The molecule has 1 unspecified atom stereocenters. The Morgan fingerprint density at radius 1 is 0.912 bits per heavy atom. The second-order valence-electron chi connectivity index (χ2n) is 10.3. The Balaban J connectivity index is 2.08. The van der Waals surface area contributed by atoms with Crippen LogP contribution in [0.5, 0.6) is 0 Å². The normalized spacial score (nSPS) is 13.2. The third-order valence-electron chi connectivity index (χ3n) is 5.50. The van der Waals surface area contributed by atoms with E-state index in [1.165, 1.54) is 6.33 Å². The van der Waals surface area contributed by atoms with Gasteiger partial charge in [0.2, 0.25) is 0 Å². The number of ether oxygens (including phenoxy) is 1. The zero-order valence-corrected chi connectivity index (χ0v) is 21.9. The molecule has 180 valence electrons. The lowest BCUT2D eigenvalue weighted by molar-refractivity contribution is 0.0496. The maximum absolute atomic E-state index is 12.5. The Morgan fingerprint density at radius 2 is 1.47 bits per heavy atom. The maximum Gasteiger partial charge on any atom is 0.407 e. The molecule has 0 aliphatic heterocycles. The summed E-state index contributed by atoms with van der Waals surface area (Å²) in [5.74, 6) is 0. The summed E-state index contributed by atoms with van der Waals surface area (Å²) in [4.78, 5) is 21.0. The number of aromatic nitrogens is 2. The third kappa shape index (κ3) is 6.10. The predicted octanol–water partition coefficient (Wildman–Crippen LogP) is 4.62. The van der Waals surface area contributed by atoms with Gasteiger partial charge in [-0.1, -0.05) is 81.4 Å². The standard InChI is InChI=1S/C27H35N3O3Si/c1-26(2,3)32-25(31)29-19-24(23-17-18-28-20-30-23)33-34(27(4,5)6,21-13-9-7-10-14-21)22-15-11-8-12-16-22/h7-18,20,24H,19H2,1-6H3,(H,29,31). The summed E-state index contributed by atoms with van der Waals surface area (Å²) in [6.45, 7) is 12.4. The van der Waals surface area contributed by atoms with E-state index in [0.717, 1.165) is 10.4 Å². The number of rotatable bonds is 7. The average Bonchev–Trinajstić information content (AvgIpc) is 2.79. The molecule has 1 N–H and O–H groups in total. The molecule has 3 aromatic rings. The lowest BCUT2D eigenvalue weighted by atomic mass is 10.2. The average molecular weight is 478 g/mol.